The van der Waals surface area contributed by atoms with E-state index in [4.69, 9.17) is 0 Å². The van der Waals surface area contributed by atoms with Crippen LogP contribution in [0.25, 0.3) is 0 Å². The summed E-state index contributed by atoms with van der Waals surface area (Å²) < 4.78 is 0. The van der Waals surface area contributed by atoms with E-state index in [-0.39, 0.29) is 11.8 Å². The summed E-state index contributed by atoms with van der Waals surface area (Å²) in [7, 11) is 0. The molecule has 0 radical (unpaired) electrons. The third kappa shape index (κ3) is 2.94. The quantitative estimate of drug-likeness (QED) is 0.669. The standard InChI is InChI=1S/C17H16N2O/c20-17(19-18-12-13-7-3-1-4-8-13)16-11-15(16)14-9-5-2-6-10-14/h1-10,12,15-16H,11H2,(H,19,20)/b18-12+/t15-,16+/m1/s1. The molecule has 1 aliphatic rings. The number of rotatable bonds is 4. The number of amides is 1. The van der Waals surface area contributed by atoms with E-state index >= 15 is 0 Å². The maximum atomic E-state index is 12.0. The summed E-state index contributed by atoms with van der Waals surface area (Å²) in [6.07, 6.45) is 2.58. The monoisotopic (exact) mass is 264 g/mol. The normalized spacial score (nSPS) is 20.8. The summed E-state index contributed by atoms with van der Waals surface area (Å²) >= 11 is 0. The Labute approximate surface area is 118 Å². The molecule has 1 aliphatic carbocycles. The van der Waals surface area contributed by atoms with Crippen LogP contribution in [0.4, 0.5) is 0 Å². The number of benzene rings is 2. The zero-order valence-electron chi connectivity index (χ0n) is 11.1. The van der Waals surface area contributed by atoms with Crippen molar-refractivity contribution in [1.29, 1.82) is 0 Å². The second-order valence-electron chi connectivity index (χ2n) is 5.00. The van der Waals surface area contributed by atoms with Gasteiger partial charge in [0.1, 0.15) is 0 Å². The second-order valence-corrected chi connectivity index (χ2v) is 5.00. The lowest BCUT2D eigenvalue weighted by Gasteiger charge is -2.00. The van der Waals surface area contributed by atoms with E-state index in [1.54, 1.807) is 6.21 Å². The Hall–Kier alpha value is -2.42. The van der Waals surface area contributed by atoms with E-state index in [9.17, 15) is 4.79 Å². The van der Waals surface area contributed by atoms with Crippen molar-refractivity contribution >= 4 is 12.1 Å². The first kappa shape index (κ1) is 12.6. The molecule has 100 valence electrons. The maximum Gasteiger partial charge on any atom is 0.243 e. The van der Waals surface area contributed by atoms with Gasteiger partial charge in [0.2, 0.25) is 5.91 Å². The molecule has 1 fully saturated rings. The molecular weight excluding hydrogens is 248 g/mol. The lowest BCUT2D eigenvalue weighted by molar-refractivity contribution is -0.122. The minimum Gasteiger partial charge on any atom is -0.273 e. The zero-order chi connectivity index (χ0) is 13.8. The molecule has 0 heterocycles. The molecule has 1 amide bonds. The molecule has 0 bridgehead atoms. The number of hydrogen-bond acceptors (Lipinski definition) is 2. The Balaban J connectivity index is 1.53. The van der Waals surface area contributed by atoms with Crippen LogP contribution < -0.4 is 5.43 Å². The zero-order valence-corrected chi connectivity index (χ0v) is 11.1. The lowest BCUT2D eigenvalue weighted by atomic mass is 10.1. The van der Waals surface area contributed by atoms with Crippen molar-refractivity contribution in [3.63, 3.8) is 0 Å². The summed E-state index contributed by atoms with van der Waals surface area (Å²) in [4.78, 5) is 12.0. The first-order chi connectivity index (χ1) is 9.84. The van der Waals surface area contributed by atoms with Crippen molar-refractivity contribution in [2.75, 3.05) is 0 Å². The highest BCUT2D eigenvalue weighted by Gasteiger charge is 2.43. The Bertz CT molecular complexity index is 607. The highest BCUT2D eigenvalue weighted by Crippen LogP contribution is 2.47. The number of nitrogens with one attached hydrogen (secondary N) is 1. The Morgan fingerprint density at radius 2 is 1.70 bits per heavy atom. The van der Waals surface area contributed by atoms with Crippen molar-refractivity contribution in [2.24, 2.45) is 11.0 Å². The highest BCUT2D eigenvalue weighted by molar-refractivity contribution is 5.85. The topological polar surface area (TPSA) is 41.5 Å². The van der Waals surface area contributed by atoms with Crippen LogP contribution in [0.1, 0.15) is 23.5 Å². The lowest BCUT2D eigenvalue weighted by Crippen LogP contribution is -2.20. The number of carbonyl (C=O) groups excluding carboxylic acids is 1. The Morgan fingerprint density at radius 3 is 2.40 bits per heavy atom. The Kier molecular flexibility index (Phi) is 3.59. The van der Waals surface area contributed by atoms with E-state index < -0.39 is 0 Å². The molecule has 0 aromatic heterocycles. The van der Waals surface area contributed by atoms with E-state index in [1.165, 1.54) is 5.56 Å². The molecule has 1 N–H and O–H groups in total. The molecular formula is C17H16N2O. The first-order valence-corrected chi connectivity index (χ1v) is 6.77. The van der Waals surface area contributed by atoms with E-state index in [0.717, 1.165) is 12.0 Å². The summed E-state index contributed by atoms with van der Waals surface area (Å²) in [6.45, 7) is 0. The van der Waals surface area contributed by atoms with Crippen LogP contribution in [0.2, 0.25) is 0 Å². The SMILES string of the molecule is O=C(N/N=C/c1ccccc1)[C@H]1C[C@@H]1c1ccccc1. The van der Waals surface area contributed by atoms with Crippen molar-refractivity contribution in [3.8, 4) is 0 Å². The van der Waals surface area contributed by atoms with Gasteiger partial charge in [-0.3, -0.25) is 4.79 Å². The van der Waals surface area contributed by atoms with Crippen molar-refractivity contribution < 1.29 is 4.79 Å². The average Bonchev–Trinajstić information content (AvgIpc) is 3.30. The van der Waals surface area contributed by atoms with Crippen LogP contribution in [-0.4, -0.2) is 12.1 Å². The number of hydrogen-bond donors (Lipinski definition) is 1. The average molecular weight is 264 g/mol. The Morgan fingerprint density at radius 1 is 1.05 bits per heavy atom. The van der Waals surface area contributed by atoms with Crippen molar-refractivity contribution in [3.05, 3.63) is 71.8 Å². The molecule has 3 nitrogen and oxygen atoms in total. The summed E-state index contributed by atoms with van der Waals surface area (Å²) in [5.41, 5.74) is 4.83. The molecule has 20 heavy (non-hydrogen) atoms. The number of nitrogens with zero attached hydrogens (tertiary/aromatic N) is 1. The molecule has 3 rings (SSSR count). The first-order valence-electron chi connectivity index (χ1n) is 6.77. The fourth-order valence-corrected chi connectivity index (χ4v) is 2.35. The van der Waals surface area contributed by atoms with Gasteiger partial charge in [-0.25, -0.2) is 5.43 Å². The van der Waals surface area contributed by atoms with Gasteiger partial charge in [-0.05, 0) is 23.5 Å². The van der Waals surface area contributed by atoms with Crippen molar-refractivity contribution in [1.82, 2.24) is 5.43 Å². The minimum absolute atomic E-state index is 0.00559. The van der Waals surface area contributed by atoms with Crippen LogP contribution in [0.3, 0.4) is 0 Å². The third-order valence-corrected chi connectivity index (χ3v) is 3.54. The predicted octanol–water partition coefficient (Wildman–Crippen LogP) is 2.94. The number of hydrazone groups is 1. The van der Waals surface area contributed by atoms with Crippen LogP contribution >= 0.6 is 0 Å². The van der Waals surface area contributed by atoms with Crippen molar-refractivity contribution in [2.45, 2.75) is 12.3 Å². The summed E-state index contributed by atoms with van der Waals surface area (Å²) in [6, 6.07) is 19.9. The van der Waals surface area contributed by atoms with Gasteiger partial charge in [-0.1, -0.05) is 60.7 Å². The highest BCUT2D eigenvalue weighted by atomic mass is 16.2. The van der Waals surface area contributed by atoms with Gasteiger partial charge >= 0.3 is 0 Å². The molecule has 0 saturated heterocycles. The third-order valence-electron chi connectivity index (χ3n) is 3.54. The van der Waals surface area contributed by atoms with E-state index in [1.807, 2.05) is 48.5 Å². The van der Waals surface area contributed by atoms with Gasteiger partial charge in [0.25, 0.3) is 0 Å². The predicted molar refractivity (Wildman–Crippen MR) is 79.5 cm³/mol. The van der Waals surface area contributed by atoms with Gasteiger partial charge < -0.3 is 0 Å². The molecule has 3 heteroatoms. The van der Waals surface area contributed by atoms with Gasteiger partial charge in [-0.2, -0.15) is 5.10 Å². The minimum atomic E-state index is 0.00559. The smallest absolute Gasteiger partial charge is 0.243 e. The van der Waals surface area contributed by atoms with Crippen LogP contribution in [0.5, 0.6) is 0 Å². The summed E-state index contributed by atoms with van der Waals surface area (Å²) in [5, 5.41) is 4.01. The molecule has 0 spiro atoms. The summed E-state index contributed by atoms with van der Waals surface area (Å²) in [5.74, 6) is 0.416. The molecule has 1 saturated carbocycles. The van der Waals surface area contributed by atoms with Crippen LogP contribution in [-0.2, 0) is 4.79 Å². The van der Waals surface area contributed by atoms with E-state index in [2.05, 4.69) is 22.7 Å². The second kappa shape index (κ2) is 5.70. The fraction of sp³-hybridized carbons (Fsp3) is 0.176. The van der Waals surface area contributed by atoms with Crippen LogP contribution in [0, 0.1) is 5.92 Å². The molecule has 2 aromatic carbocycles. The largest absolute Gasteiger partial charge is 0.273 e. The molecule has 0 unspecified atom stereocenters. The maximum absolute atomic E-state index is 12.0. The van der Waals surface area contributed by atoms with Gasteiger partial charge in [-0.15, -0.1) is 0 Å². The molecule has 2 atom stereocenters. The number of carbonyl (C=O) groups is 1. The van der Waals surface area contributed by atoms with Crippen LogP contribution in [0.15, 0.2) is 65.8 Å². The fourth-order valence-electron chi connectivity index (χ4n) is 2.35. The molecule has 2 aromatic rings. The van der Waals surface area contributed by atoms with Gasteiger partial charge in [0.05, 0.1) is 6.21 Å². The van der Waals surface area contributed by atoms with Gasteiger partial charge in [0.15, 0.2) is 0 Å². The van der Waals surface area contributed by atoms with E-state index in [0.29, 0.717) is 5.92 Å². The molecule has 0 aliphatic heterocycles. The van der Waals surface area contributed by atoms with Gasteiger partial charge in [0, 0.05) is 5.92 Å².